The Morgan fingerprint density at radius 3 is 2.33 bits per heavy atom. The Hall–Kier alpha value is -4.51. The van der Waals surface area contributed by atoms with Crippen molar-refractivity contribution in [3.05, 3.63) is 75.5 Å². The summed E-state index contributed by atoms with van der Waals surface area (Å²) in [6.07, 6.45) is 12.1. The summed E-state index contributed by atoms with van der Waals surface area (Å²) in [6.45, 7) is 18.1. The van der Waals surface area contributed by atoms with Crippen molar-refractivity contribution in [3.8, 4) is 11.1 Å². The Balaban J connectivity index is 0.876. The summed E-state index contributed by atoms with van der Waals surface area (Å²) in [7, 11) is 0. The first-order chi connectivity index (χ1) is 26.2. The van der Waals surface area contributed by atoms with Crippen molar-refractivity contribution >= 4 is 28.5 Å². The fraction of sp³-hybridized carbons (Fsp3) is 0.568. The van der Waals surface area contributed by atoms with Gasteiger partial charge in [0.25, 0.3) is 11.5 Å². The summed E-state index contributed by atoms with van der Waals surface area (Å²) in [6, 6.07) is 10.1. The van der Waals surface area contributed by atoms with Gasteiger partial charge in [-0.2, -0.15) is 5.10 Å². The number of H-pyrrole nitrogens is 1. The van der Waals surface area contributed by atoms with Crippen molar-refractivity contribution in [2.45, 2.75) is 99.1 Å². The van der Waals surface area contributed by atoms with Crippen LogP contribution in [0.4, 0.5) is 5.82 Å². The number of fused-ring (bicyclic) bond motifs is 1. The highest BCUT2D eigenvalue weighted by Gasteiger charge is 2.60. The summed E-state index contributed by atoms with van der Waals surface area (Å²) in [4.78, 5) is 52.0. The molecule has 4 aliphatic carbocycles. The molecule has 4 aromatic rings. The molecule has 11 nitrogen and oxygen atoms in total. The third-order valence-electron chi connectivity index (χ3n) is 13.2. The Bertz CT molecular complexity index is 2140. The minimum atomic E-state index is -0.261. The van der Waals surface area contributed by atoms with Crippen LogP contribution in [-0.4, -0.2) is 75.7 Å². The minimum absolute atomic E-state index is 0.103. The van der Waals surface area contributed by atoms with Gasteiger partial charge in [-0.1, -0.05) is 13.8 Å². The molecule has 3 unspecified atom stereocenters. The SMILES string of the molecule is Cc1cc(C)c(CNC(=O)c2cc(-c3ccc(N4CCN(CCNC(=O)CC56CC7CC(C)(C5)C[C@](C)(C7)C6)CC4)nc3)cc3c2cnn3C(C)C)c(=O)[nH]1. The molecule has 4 saturated carbocycles. The third-order valence-corrected chi connectivity index (χ3v) is 13.2. The number of pyridine rings is 2. The number of hydrogen-bond acceptors (Lipinski definition) is 7. The van der Waals surface area contributed by atoms with Crippen molar-refractivity contribution in [2.75, 3.05) is 44.2 Å². The van der Waals surface area contributed by atoms with Crippen molar-refractivity contribution in [2.24, 2.45) is 22.2 Å². The van der Waals surface area contributed by atoms with Gasteiger partial charge in [0.15, 0.2) is 0 Å². The maximum absolute atomic E-state index is 13.7. The van der Waals surface area contributed by atoms with Gasteiger partial charge in [-0.25, -0.2) is 4.98 Å². The summed E-state index contributed by atoms with van der Waals surface area (Å²) >= 11 is 0. The molecule has 9 rings (SSSR count). The van der Waals surface area contributed by atoms with E-state index in [9.17, 15) is 14.4 Å². The second-order valence-electron chi connectivity index (χ2n) is 18.7. The molecule has 292 valence electrons. The summed E-state index contributed by atoms with van der Waals surface area (Å²) < 4.78 is 1.93. The quantitative estimate of drug-likeness (QED) is 0.159. The van der Waals surface area contributed by atoms with Crippen LogP contribution in [0, 0.1) is 36.0 Å². The molecule has 3 N–H and O–H groups in total. The maximum Gasteiger partial charge on any atom is 0.253 e. The Morgan fingerprint density at radius 1 is 0.927 bits per heavy atom. The molecular formula is C44H58N8O3. The Kier molecular flexibility index (Phi) is 9.67. The highest BCUT2D eigenvalue weighted by molar-refractivity contribution is 6.08. The van der Waals surface area contributed by atoms with Crippen LogP contribution in [0.3, 0.4) is 0 Å². The van der Waals surface area contributed by atoms with Crippen LogP contribution >= 0.6 is 0 Å². The van der Waals surface area contributed by atoms with Crippen molar-refractivity contribution in [1.29, 1.82) is 0 Å². The molecule has 1 aromatic carbocycles. The lowest BCUT2D eigenvalue weighted by molar-refractivity contribution is -0.156. The van der Waals surface area contributed by atoms with Crippen LogP contribution in [0.15, 0.2) is 47.5 Å². The molecule has 5 aliphatic rings. The molecule has 4 heterocycles. The lowest BCUT2D eigenvalue weighted by Gasteiger charge is -2.65. The molecule has 1 aliphatic heterocycles. The predicted molar refractivity (Wildman–Crippen MR) is 217 cm³/mol. The van der Waals surface area contributed by atoms with Gasteiger partial charge in [-0.3, -0.25) is 24.0 Å². The smallest absolute Gasteiger partial charge is 0.253 e. The van der Waals surface area contributed by atoms with Gasteiger partial charge >= 0.3 is 0 Å². The second-order valence-corrected chi connectivity index (χ2v) is 18.7. The number of rotatable bonds is 11. The zero-order valence-electron chi connectivity index (χ0n) is 33.6. The van der Waals surface area contributed by atoms with Crippen LogP contribution in [-0.2, 0) is 11.3 Å². The molecule has 5 fully saturated rings. The van der Waals surface area contributed by atoms with E-state index >= 15 is 0 Å². The van der Waals surface area contributed by atoms with Gasteiger partial charge in [0, 0.05) is 86.7 Å². The lowest BCUT2D eigenvalue weighted by atomic mass is 9.40. The van der Waals surface area contributed by atoms with E-state index in [1.54, 1.807) is 6.20 Å². The van der Waals surface area contributed by atoms with E-state index in [0.717, 1.165) is 77.7 Å². The molecular weight excluding hydrogens is 689 g/mol. The van der Waals surface area contributed by atoms with Crippen LogP contribution in [0.25, 0.3) is 22.0 Å². The van der Waals surface area contributed by atoms with Crippen LogP contribution < -0.4 is 21.1 Å². The second kappa shape index (κ2) is 14.2. The largest absolute Gasteiger partial charge is 0.355 e. The fourth-order valence-corrected chi connectivity index (χ4v) is 11.9. The highest BCUT2D eigenvalue weighted by Crippen LogP contribution is 2.70. The van der Waals surface area contributed by atoms with Gasteiger partial charge in [0.1, 0.15) is 5.82 Å². The minimum Gasteiger partial charge on any atom is -0.355 e. The number of hydrogen-bond donors (Lipinski definition) is 3. The highest BCUT2D eigenvalue weighted by atomic mass is 16.2. The third kappa shape index (κ3) is 7.56. The van der Waals surface area contributed by atoms with Gasteiger partial charge < -0.3 is 20.5 Å². The Labute approximate surface area is 324 Å². The van der Waals surface area contributed by atoms with Gasteiger partial charge in [-0.15, -0.1) is 0 Å². The van der Waals surface area contributed by atoms with Gasteiger partial charge in [0.05, 0.1) is 17.3 Å². The monoisotopic (exact) mass is 746 g/mol. The molecule has 2 amide bonds. The standard InChI is InChI=1S/C44H58N8O3/c1-28(2)52-37-17-33(16-34(36(37)24-48-52)40(54)47-23-35-29(3)15-30(4)49-41(35)55)32-7-8-38(46-22-32)51-13-11-50(12-14-51)10-9-45-39(53)21-44-20-31-18-42(5,26-44)25-43(6,19-31)27-44/h7-8,15-17,22,24,28,31H,9-14,18-21,23,25-27H2,1-6H3,(H,45,53)(H,47,54)(H,49,55)/t31?,42-,43?,44?/m0/s1. The van der Waals surface area contributed by atoms with E-state index in [-0.39, 0.29) is 35.4 Å². The number of benzene rings is 1. The molecule has 4 bridgehead atoms. The normalized spacial score (nSPS) is 26.2. The molecule has 1 saturated heterocycles. The predicted octanol–water partition coefficient (Wildman–Crippen LogP) is 6.54. The average molecular weight is 747 g/mol. The van der Waals surface area contributed by atoms with Crippen molar-refractivity contribution in [1.82, 2.24) is 35.3 Å². The zero-order chi connectivity index (χ0) is 38.7. The van der Waals surface area contributed by atoms with E-state index in [4.69, 9.17) is 4.98 Å². The van der Waals surface area contributed by atoms with E-state index in [1.165, 1.54) is 38.5 Å². The fourth-order valence-electron chi connectivity index (χ4n) is 11.9. The van der Waals surface area contributed by atoms with Crippen LogP contribution in [0.2, 0.25) is 0 Å². The number of carbonyl (C=O) groups excluding carboxylic acids is 2. The summed E-state index contributed by atoms with van der Waals surface area (Å²) in [5.41, 5.74) is 6.24. The number of nitrogens with one attached hydrogen (secondary N) is 3. The number of aromatic nitrogens is 4. The number of amides is 2. The van der Waals surface area contributed by atoms with E-state index in [1.807, 2.05) is 36.9 Å². The van der Waals surface area contributed by atoms with Crippen molar-refractivity contribution in [3.63, 3.8) is 0 Å². The maximum atomic E-state index is 13.7. The van der Waals surface area contributed by atoms with Crippen LogP contribution in [0.5, 0.6) is 0 Å². The van der Waals surface area contributed by atoms with Gasteiger partial charge in [0.2, 0.25) is 5.91 Å². The van der Waals surface area contributed by atoms with E-state index in [2.05, 4.69) is 76.4 Å². The number of aryl methyl sites for hydroxylation is 2. The number of nitrogens with zero attached hydrogens (tertiary/aromatic N) is 5. The first kappa shape index (κ1) is 37.4. The molecule has 0 spiro atoms. The lowest BCUT2D eigenvalue weighted by Crippen LogP contribution is -2.56. The average Bonchev–Trinajstić information content (AvgIpc) is 3.54. The number of carbonyl (C=O) groups is 2. The van der Waals surface area contributed by atoms with Crippen molar-refractivity contribution < 1.29 is 9.59 Å². The molecule has 55 heavy (non-hydrogen) atoms. The first-order valence-corrected chi connectivity index (χ1v) is 20.4. The number of piperazine rings is 1. The van der Waals surface area contributed by atoms with E-state index in [0.29, 0.717) is 34.9 Å². The summed E-state index contributed by atoms with van der Waals surface area (Å²) in [5, 5.41) is 11.7. The summed E-state index contributed by atoms with van der Waals surface area (Å²) in [5.74, 6) is 1.72. The number of aromatic amines is 1. The van der Waals surface area contributed by atoms with Gasteiger partial charge in [-0.05, 0) is 130 Å². The van der Waals surface area contributed by atoms with E-state index < -0.39 is 0 Å². The molecule has 4 atom stereocenters. The zero-order valence-corrected chi connectivity index (χ0v) is 33.6. The van der Waals surface area contributed by atoms with Crippen LogP contribution in [0.1, 0.15) is 106 Å². The molecule has 11 heteroatoms. The molecule has 0 radical (unpaired) electrons. The Morgan fingerprint density at radius 2 is 1.67 bits per heavy atom. The first-order valence-electron chi connectivity index (χ1n) is 20.4. The topological polar surface area (TPSA) is 128 Å². The molecule has 3 aromatic heterocycles. The number of anilines is 1.